The summed E-state index contributed by atoms with van der Waals surface area (Å²) >= 11 is -1.87. The van der Waals surface area contributed by atoms with Gasteiger partial charge < -0.3 is 28.0 Å². The zero-order chi connectivity index (χ0) is 43.2. The maximum Gasteiger partial charge on any atom is 1.00 e. The van der Waals surface area contributed by atoms with Crippen LogP contribution in [0.1, 0.15) is 82.6 Å². The molecule has 3 aromatic carbocycles. The summed E-state index contributed by atoms with van der Waals surface area (Å²) in [5.74, 6) is 0.256. The van der Waals surface area contributed by atoms with E-state index in [-0.39, 0.29) is 118 Å². The normalized spacial score (nSPS) is 16.7. The predicted octanol–water partition coefficient (Wildman–Crippen LogP) is -3.48. The van der Waals surface area contributed by atoms with E-state index in [4.69, 9.17) is 8.74 Å². The number of rotatable bonds is 20. The quantitative estimate of drug-likeness (QED) is 0.0103. The number of allylic oxidation sites excluding steroid dienone is 6. The van der Waals surface area contributed by atoms with Crippen LogP contribution in [-0.4, -0.2) is 69.6 Å². The van der Waals surface area contributed by atoms with Crippen molar-refractivity contribution in [1.29, 1.82) is 0 Å². The number of benzene rings is 3. The summed E-state index contributed by atoms with van der Waals surface area (Å²) < 4.78 is 102. The summed E-state index contributed by atoms with van der Waals surface area (Å²) in [6.45, 7) is 10.8. The van der Waals surface area contributed by atoms with Crippen molar-refractivity contribution in [3.8, 4) is 5.75 Å². The van der Waals surface area contributed by atoms with Gasteiger partial charge in [-0.2, -0.15) is 17.3 Å². The van der Waals surface area contributed by atoms with Gasteiger partial charge in [0, 0.05) is 65.3 Å². The minimum absolute atomic E-state index is 0. The van der Waals surface area contributed by atoms with Gasteiger partial charge in [0.15, 0.2) is 5.71 Å². The van der Waals surface area contributed by atoms with E-state index in [1.54, 1.807) is 18.2 Å². The van der Waals surface area contributed by atoms with Crippen LogP contribution in [-0.2, 0) is 58.2 Å². The Hall–Kier alpha value is -0.690. The van der Waals surface area contributed by atoms with Crippen molar-refractivity contribution in [3.63, 3.8) is 0 Å². The fraction of sp³-hybridized carbons (Fsp3) is 0.390. The van der Waals surface area contributed by atoms with Gasteiger partial charge in [-0.15, -0.1) is 0 Å². The summed E-state index contributed by atoms with van der Waals surface area (Å²) in [6.07, 6.45) is 11.5. The van der Waals surface area contributed by atoms with E-state index in [9.17, 15) is 35.4 Å². The van der Waals surface area contributed by atoms with E-state index in [0.717, 1.165) is 70.7 Å². The van der Waals surface area contributed by atoms with Crippen molar-refractivity contribution in [3.05, 3.63) is 113 Å². The van der Waals surface area contributed by atoms with Crippen molar-refractivity contribution in [2.75, 3.05) is 29.5 Å². The van der Waals surface area contributed by atoms with Crippen molar-refractivity contribution < 1.29 is 147 Å². The zero-order valence-corrected chi connectivity index (χ0v) is 45.7. The molecule has 2 N–H and O–H groups in total. The summed E-state index contributed by atoms with van der Waals surface area (Å²) in [5.41, 5.74) is 6.06. The molecular weight excluding hydrogens is 910 g/mol. The molecule has 0 saturated heterocycles. The minimum atomic E-state index is -4.77. The van der Waals surface area contributed by atoms with E-state index in [0.29, 0.717) is 30.0 Å². The zero-order valence-electron chi connectivity index (χ0n) is 36.5. The van der Waals surface area contributed by atoms with Gasteiger partial charge >= 0.3 is 98.8 Å². The van der Waals surface area contributed by atoms with Gasteiger partial charge in [0.1, 0.15) is 39.5 Å². The molecule has 1 unspecified atom stereocenters. The van der Waals surface area contributed by atoms with E-state index >= 15 is 0 Å². The molecule has 5 rings (SSSR count). The fourth-order valence-electron chi connectivity index (χ4n) is 7.78. The first-order chi connectivity index (χ1) is 27.8. The first-order valence-corrected chi connectivity index (χ1v) is 24.0. The molecular formula is C41H49N2Na3O12S4+2. The summed E-state index contributed by atoms with van der Waals surface area (Å²) in [6, 6.07) is 17.4. The molecule has 2 aliphatic rings. The van der Waals surface area contributed by atoms with Crippen molar-refractivity contribution in [2.24, 2.45) is 0 Å². The van der Waals surface area contributed by atoms with E-state index in [1.165, 1.54) is 12.1 Å². The third-order valence-electron chi connectivity index (χ3n) is 10.6. The number of unbranched alkanes of at least 4 members (excludes halogenated alkanes) is 1. The summed E-state index contributed by atoms with van der Waals surface area (Å²) in [5, 5.41) is 13.9. The predicted molar refractivity (Wildman–Crippen MR) is 225 cm³/mol. The molecule has 2 heterocycles. The van der Waals surface area contributed by atoms with Crippen LogP contribution in [0.3, 0.4) is 0 Å². The Morgan fingerprint density at radius 1 is 0.952 bits per heavy atom. The third kappa shape index (κ3) is 14.4. The summed E-state index contributed by atoms with van der Waals surface area (Å²) in [4.78, 5) is 1.55. The average Bonchev–Trinajstić information content (AvgIpc) is 3.50. The van der Waals surface area contributed by atoms with Gasteiger partial charge in [-0.25, -0.2) is 12.6 Å². The molecule has 0 bridgehead atoms. The van der Waals surface area contributed by atoms with Crippen LogP contribution in [0.5, 0.6) is 5.75 Å². The number of hydrogen-bond acceptors (Lipinski definition) is 13. The van der Waals surface area contributed by atoms with Gasteiger partial charge in [0.25, 0.3) is 0 Å². The van der Waals surface area contributed by atoms with Crippen LogP contribution in [0, 0.1) is 0 Å². The number of hydrogen-bond donors (Lipinski definition) is 0. The molecule has 2 aliphatic heterocycles. The minimum Gasteiger partial charge on any atom is -0.744 e. The van der Waals surface area contributed by atoms with Crippen molar-refractivity contribution in [2.45, 2.75) is 82.4 Å². The second kappa shape index (κ2) is 24.9. The van der Waals surface area contributed by atoms with Crippen LogP contribution in [0.2, 0.25) is 0 Å². The average molecular weight is 959 g/mol. The Kier molecular flexibility index (Phi) is 23.1. The SMILES string of the molecule is CCCCc1ccccc1C(=C\C=C1\N(CCCS(=O)(=O)[OH2+])c2ccc(S(=O)(=O)[O-])cc2C1(C)C)/C=C/C1=[N+](CCCSOO[O-])c2ccc(OS(=O)[O-])cc2C1(C)C.[Na+].[Na+].[Na+]. The first kappa shape index (κ1) is 57.4. The summed E-state index contributed by atoms with van der Waals surface area (Å²) in [7, 11) is -8.78. The van der Waals surface area contributed by atoms with Gasteiger partial charge in [0.2, 0.25) is 5.69 Å². The van der Waals surface area contributed by atoms with Crippen molar-refractivity contribution >= 4 is 66.3 Å². The standard InChI is InChI=1S/C41H50N2O12S4.3Na/c1-6-7-12-29-13-8-9-14-33(29)30(15-21-38-40(2,3)34-27-31(53-57(45)46)17-19-36(34)42(38)23-10-25-56-55-54-44)16-22-39-41(4,5)35-28-32(59(50,51)52)18-20-37(35)43(39)24-11-26-58(47,48)49;;;/h8-9,13-22,27-28H,6-7,10-12,23-26H2,1-5H3,(H3-,44,45,46,47,48,49,50,51,52);;;/q;3*+1/p-1. The van der Waals surface area contributed by atoms with Gasteiger partial charge in [0.05, 0.1) is 10.3 Å². The van der Waals surface area contributed by atoms with E-state index in [1.807, 2.05) is 75.1 Å². The van der Waals surface area contributed by atoms with Crippen molar-refractivity contribution in [1.82, 2.24) is 0 Å². The Balaban J connectivity index is 0.00000441. The molecule has 14 nitrogen and oxygen atoms in total. The molecule has 0 radical (unpaired) electrons. The van der Waals surface area contributed by atoms with Crippen LogP contribution in [0.15, 0.2) is 95.6 Å². The molecule has 21 heteroatoms. The first-order valence-electron chi connectivity index (χ1n) is 19.0. The Morgan fingerprint density at radius 3 is 2.31 bits per heavy atom. The van der Waals surface area contributed by atoms with Crippen LogP contribution < -0.4 is 103 Å². The maximum atomic E-state index is 12.1. The number of aryl methyl sites for hydroxylation is 1. The van der Waals surface area contributed by atoms with Gasteiger partial charge in [-0.1, -0.05) is 57.5 Å². The van der Waals surface area contributed by atoms with Gasteiger partial charge in [-0.05, 0) is 97.9 Å². The smallest absolute Gasteiger partial charge is 0.744 e. The Labute approximate surface area is 438 Å². The number of nitrogens with zero attached hydrogens (tertiary/aromatic N) is 2. The van der Waals surface area contributed by atoms with Crippen LogP contribution in [0.25, 0.3) is 5.57 Å². The van der Waals surface area contributed by atoms with Crippen LogP contribution >= 0.6 is 12.0 Å². The number of fused-ring (bicyclic) bond motifs is 2. The maximum absolute atomic E-state index is 12.1. The molecule has 0 saturated carbocycles. The molecule has 0 fully saturated rings. The second-order valence-electron chi connectivity index (χ2n) is 15.3. The molecule has 0 amide bonds. The Morgan fingerprint density at radius 2 is 1.66 bits per heavy atom. The van der Waals surface area contributed by atoms with E-state index < -0.39 is 42.4 Å². The Bertz CT molecular complexity index is 2420. The molecule has 3 aromatic rings. The topological polar surface area (TPSA) is 211 Å². The molecule has 0 spiro atoms. The molecule has 1 atom stereocenters. The van der Waals surface area contributed by atoms with Crippen LogP contribution in [0.4, 0.5) is 11.4 Å². The fourth-order valence-corrected chi connectivity index (χ4v) is 9.41. The molecule has 320 valence electrons. The number of anilines is 1. The molecule has 62 heavy (non-hydrogen) atoms. The van der Waals surface area contributed by atoms with E-state index in [2.05, 4.69) is 33.0 Å². The van der Waals surface area contributed by atoms with Gasteiger partial charge in [-0.3, -0.25) is 5.04 Å². The largest absolute Gasteiger partial charge is 1.00 e. The monoisotopic (exact) mass is 958 g/mol. The second-order valence-corrected chi connectivity index (χ2v) is 19.7. The third-order valence-corrected chi connectivity index (χ3v) is 13.2. The molecule has 0 aliphatic carbocycles. The molecule has 0 aromatic heterocycles.